The van der Waals surface area contributed by atoms with Gasteiger partial charge in [-0.3, -0.25) is 9.48 Å². The summed E-state index contributed by atoms with van der Waals surface area (Å²) in [7, 11) is 0. The van der Waals surface area contributed by atoms with Crippen LogP contribution in [0.25, 0.3) is 0 Å². The molecule has 5 nitrogen and oxygen atoms in total. The lowest BCUT2D eigenvalue weighted by Crippen LogP contribution is -2.42. The summed E-state index contributed by atoms with van der Waals surface area (Å²) in [5.41, 5.74) is 6.13. The maximum atomic E-state index is 11.8. The molecule has 0 aliphatic heterocycles. The van der Waals surface area contributed by atoms with E-state index in [4.69, 9.17) is 5.73 Å². The molecule has 1 aromatic heterocycles. The molecule has 0 spiro atoms. The van der Waals surface area contributed by atoms with E-state index < -0.39 is 0 Å². The van der Waals surface area contributed by atoms with Crippen molar-refractivity contribution in [1.82, 2.24) is 15.1 Å². The molecule has 1 amide bonds. The molecule has 1 fully saturated rings. The second-order valence-electron chi connectivity index (χ2n) is 4.91. The first-order valence-electron chi connectivity index (χ1n) is 6.22. The molecule has 1 saturated carbocycles. The average molecular weight is 236 g/mol. The number of anilines is 1. The van der Waals surface area contributed by atoms with Crippen molar-refractivity contribution in [2.24, 2.45) is 5.92 Å². The number of amides is 1. The normalized spacial score (nSPS) is 24.5. The number of aromatic nitrogens is 2. The Morgan fingerprint density at radius 1 is 1.59 bits per heavy atom. The summed E-state index contributed by atoms with van der Waals surface area (Å²) in [6.45, 7) is 2.45. The minimum Gasteiger partial charge on any atom is -0.396 e. The molecule has 2 atom stereocenters. The van der Waals surface area contributed by atoms with Crippen LogP contribution in [0.15, 0.2) is 12.4 Å². The van der Waals surface area contributed by atoms with E-state index in [1.165, 1.54) is 19.3 Å². The number of carbonyl (C=O) groups excluding carboxylic acids is 1. The lowest BCUT2D eigenvalue weighted by atomic mass is 9.86. The van der Waals surface area contributed by atoms with Gasteiger partial charge in [0.25, 0.3) is 0 Å². The van der Waals surface area contributed by atoms with Crippen molar-refractivity contribution in [3.63, 3.8) is 0 Å². The molecule has 1 aliphatic carbocycles. The summed E-state index contributed by atoms with van der Waals surface area (Å²) in [6, 6.07) is 0.323. The minimum atomic E-state index is 0.0202. The van der Waals surface area contributed by atoms with Gasteiger partial charge in [0.15, 0.2) is 0 Å². The van der Waals surface area contributed by atoms with Crippen LogP contribution in [0.2, 0.25) is 0 Å². The van der Waals surface area contributed by atoms with Crippen LogP contribution >= 0.6 is 0 Å². The zero-order valence-corrected chi connectivity index (χ0v) is 10.2. The Morgan fingerprint density at radius 2 is 2.35 bits per heavy atom. The molecular formula is C12H20N4O. The standard InChI is InChI=1S/C12H20N4O/c1-9-4-2-3-5-11(9)15-12(17)8-16-7-10(13)6-14-16/h6-7,9,11H,2-5,8,13H2,1H3,(H,15,17). The van der Waals surface area contributed by atoms with Crippen LogP contribution in [-0.4, -0.2) is 21.7 Å². The largest absolute Gasteiger partial charge is 0.396 e. The fourth-order valence-corrected chi connectivity index (χ4v) is 2.40. The number of nitrogens with zero attached hydrogens (tertiary/aromatic N) is 2. The Balaban J connectivity index is 1.84. The van der Waals surface area contributed by atoms with Crippen molar-refractivity contribution in [1.29, 1.82) is 0 Å². The SMILES string of the molecule is CC1CCCCC1NC(=O)Cn1cc(N)cn1. The number of hydrogen-bond donors (Lipinski definition) is 2. The van der Waals surface area contributed by atoms with Crippen LogP contribution in [-0.2, 0) is 11.3 Å². The molecule has 1 aliphatic rings. The van der Waals surface area contributed by atoms with Gasteiger partial charge < -0.3 is 11.1 Å². The second kappa shape index (κ2) is 5.21. The zero-order chi connectivity index (χ0) is 12.3. The van der Waals surface area contributed by atoms with Crippen LogP contribution < -0.4 is 11.1 Å². The maximum absolute atomic E-state index is 11.8. The fraction of sp³-hybridized carbons (Fsp3) is 0.667. The molecule has 1 heterocycles. The van der Waals surface area contributed by atoms with E-state index in [0.29, 0.717) is 17.6 Å². The van der Waals surface area contributed by atoms with Gasteiger partial charge >= 0.3 is 0 Å². The Morgan fingerprint density at radius 3 is 3.00 bits per heavy atom. The van der Waals surface area contributed by atoms with Gasteiger partial charge in [-0.1, -0.05) is 19.8 Å². The Kier molecular flexibility index (Phi) is 3.66. The predicted molar refractivity (Wildman–Crippen MR) is 66.2 cm³/mol. The molecule has 94 valence electrons. The minimum absolute atomic E-state index is 0.0202. The first kappa shape index (κ1) is 12.0. The van der Waals surface area contributed by atoms with Gasteiger partial charge in [-0.25, -0.2) is 0 Å². The highest BCUT2D eigenvalue weighted by atomic mass is 16.2. The van der Waals surface area contributed by atoms with Crippen molar-refractivity contribution >= 4 is 11.6 Å². The van der Waals surface area contributed by atoms with E-state index in [9.17, 15) is 4.79 Å². The topological polar surface area (TPSA) is 72.9 Å². The summed E-state index contributed by atoms with van der Waals surface area (Å²) in [5, 5.41) is 7.08. The molecule has 3 N–H and O–H groups in total. The van der Waals surface area contributed by atoms with Gasteiger partial charge in [0.2, 0.25) is 5.91 Å². The highest BCUT2D eigenvalue weighted by molar-refractivity contribution is 5.76. The smallest absolute Gasteiger partial charge is 0.241 e. The van der Waals surface area contributed by atoms with Crippen molar-refractivity contribution in [2.45, 2.75) is 45.2 Å². The second-order valence-corrected chi connectivity index (χ2v) is 4.91. The summed E-state index contributed by atoms with van der Waals surface area (Å²) in [5.74, 6) is 0.599. The van der Waals surface area contributed by atoms with E-state index in [1.54, 1.807) is 17.1 Å². The van der Waals surface area contributed by atoms with Gasteiger partial charge in [-0.2, -0.15) is 5.10 Å². The molecule has 5 heteroatoms. The van der Waals surface area contributed by atoms with Crippen molar-refractivity contribution < 1.29 is 4.79 Å². The van der Waals surface area contributed by atoms with Gasteiger partial charge in [0, 0.05) is 12.2 Å². The van der Waals surface area contributed by atoms with E-state index >= 15 is 0 Å². The van der Waals surface area contributed by atoms with Gasteiger partial charge in [0.1, 0.15) is 6.54 Å². The lowest BCUT2D eigenvalue weighted by Gasteiger charge is -2.29. The number of rotatable bonds is 3. The van der Waals surface area contributed by atoms with E-state index in [2.05, 4.69) is 17.3 Å². The van der Waals surface area contributed by atoms with Crippen molar-refractivity contribution in [3.05, 3.63) is 12.4 Å². The number of nitrogen functional groups attached to an aromatic ring is 1. The zero-order valence-electron chi connectivity index (χ0n) is 10.2. The van der Waals surface area contributed by atoms with Gasteiger partial charge in [0.05, 0.1) is 11.9 Å². The number of nitrogens with one attached hydrogen (secondary N) is 1. The quantitative estimate of drug-likeness (QED) is 0.827. The average Bonchev–Trinajstić information content (AvgIpc) is 2.67. The summed E-state index contributed by atoms with van der Waals surface area (Å²) in [4.78, 5) is 11.8. The monoisotopic (exact) mass is 236 g/mol. The molecule has 0 saturated heterocycles. The number of hydrogen-bond acceptors (Lipinski definition) is 3. The molecular weight excluding hydrogens is 216 g/mol. The predicted octanol–water partition coefficient (Wildman–Crippen LogP) is 1.16. The molecule has 17 heavy (non-hydrogen) atoms. The van der Waals surface area contributed by atoms with E-state index in [0.717, 1.165) is 6.42 Å². The molecule has 0 aromatic carbocycles. The first-order chi connectivity index (χ1) is 8.15. The summed E-state index contributed by atoms with van der Waals surface area (Å²) in [6.07, 6.45) is 8.02. The summed E-state index contributed by atoms with van der Waals surface area (Å²) >= 11 is 0. The van der Waals surface area contributed by atoms with Crippen LogP contribution in [0.1, 0.15) is 32.6 Å². The third-order valence-corrected chi connectivity index (χ3v) is 3.42. The first-order valence-corrected chi connectivity index (χ1v) is 6.22. The van der Waals surface area contributed by atoms with Gasteiger partial charge in [-0.15, -0.1) is 0 Å². The summed E-state index contributed by atoms with van der Waals surface area (Å²) < 4.78 is 1.57. The van der Waals surface area contributed by atoms with E-state index in [1.807, 2.05) is 0 Å². The molecule has 2 rings (SSSR count). The Hall–Kier alpha value is -1.52. The molecule has 1 aromatic rings. The molecule has 2 unspecified atom stereocenters. The third-order valence-electron chi connectivity index (χ3n) is 3.42. The van der Waals surface area contributed by atoms with Crippen molar-refractivity contribution in [3.8, 4) is 0 Å². The number of carbonyl (C=O) groups is 1. The van der Waals surface area contributed by atoms with Crippen LogP contribution in [0.3, 0.4) is 0 Å². The highest BCUT2D eigenvalue weighted by Gasteiger charge is 2.22. The molecule has 0 radical (unpaired) electrons. The van der Waals surface area contributed by atoms with Gasteiger partial charge in [-0.05, 0) is 18.8 Å². The van der Waals surface area contributed by atoms with E-state index in [-0.39, 0.29) is 12.5 Å². The maximum Gasteiger partial charge on any atom is 0.241 e. The lowest BCUT2D eigenvalue weighted by molar-refractivity contribution is -0.123. The van der Waals surface area contributed by atoms with Crippen LogP contribution in [0.5, 0.6) is 0 Å². The van der Waals surface area contributed by atoms with Crippen LogP contribution in [0, 0.1) is 5.92 Å². The van der Waals surface area contributed by atoms with Crippen molar-refractivity contribution in [2.75, 3.05) is 5.73 Å². The third kappa shape index (κ3) is 3.22. The Bertz CT molecular complexity index is 388. The number of nitrogens with two attached hydrogens (primary N) is 1. The molecule has 0 bridgehead atoms. The fourth-order valence-electron chi connectivity index (χ4n) is 2.40. The highest BCUT2D eigenvalue weighted by Crippen LogP contribution is 2.23. The van der Waals surface area contributed by atoms with Crippen LogP contribution in [0.4, 0.5) is 5.69 Å². The Labute approximate surface area is 101 Å².